The summed E-state index contributed by atoms with van der Waals surface area (Å²) in [5, 5.41) is -0.480. The van der Waals surface area contributed by atoms with Crippen LogP contribution in [-0.4, -0.2) is 58.3 Å². The van der Waals surface area contributed by atoms with Crippen LogP contribution in [0.15, 0.2) is 0 Å². The van der Waals surface area contributed by atoms with Crippen molar-refractivity contribution in [3.63, 3.8) is 0 Å². The molecule has 6 nitrogen and oxygen atoms in total. The van der Waals surface area contributed by atoms with Crippen molar-refractivity contribution in [3.8, 4) is 0 Å². The van der Waals surface area contributed by atoms with Gasteiger partial charge in [0.1, 0.15) is 11.4 Å². The molecule has 20 heavy (non-hydrogen) atoms. The van der Waals surface area contributed by atoms with Gasteiger partial charge in [-0.15, -0.1) is 0 Å². The molecule has 0 aromatic carbocycles. The molecule has 114 valence electrons. The molecule has 0 spiro atoms. The van der Waals surface area contributed by atoms with Crippen molar-refractivity contribution in [1.29, 1.82) is 0 Å². The Labute approximate surface area is 132 Å². The Hall–Kier alpha value is 0.0700. The standard InChI is InChI=1S/C12H18INO5S/c1-12(2,3)14-9-10(19-8(15)5-13)6-4-7(11(9)18-6)20(14,16)17/h6-7,9-11H,4-5H2,1-3H3. The van der Waals surface area contributed by atoms with Crippen LogP contribution in [-0.2, 0) is 24.3 Å². The number of ether oxygens (including phenoxy) is 2. The van der Waals surface area contributed by atoms with Gasteiger partial charge in [-0.05, 0) is 27.2 Å². The van der Waals surface area contributed by atoms with Crippen molar-refractivity contribution in [2.24, 2.45) is 0 Å². The quantitative estimate of drug-likeness (QED) is 0.377. The van der Waals surface area contributed by atoms with E-state index >= 15 is 0 Å². The third-order valence-electron chi connectivity index (χ3n) is 4.17. The van der Waals surface area contributed by atoms with E-state index in [0.717, 1.165) is 0 Å². The maximum Gasteiger partial charge on any atom is 0.316 e. The first-order valence-corrected chi connectivity index (χ1v) is 9.65. The zero-order valence-electron chi connectivity index (χ0n) is 11.6. The Morgan fingerprint density at radius 3 is 2.65 bits per heavy atom. The molecule has 5 atom stereocenters. The molecule has 0 amide bonds. The predicted octanol–water partition coefficient (Wildman–Crippen LogP) is 0.685. The molecule has 0 aliphatic carbocycles. The first-order chi connectivity index (χ1) is 9.17. The highest BCUT2D eigenvalue weighted by Crippen LogP contribution is 2.51. The van der Waals surface area contributed by atoms with E-state index in [9.17, 15) is 13.2 Å². The van der Waals surface area contributed by atoms with E-state index < -0.39 is 26.9 Å². The number of carbonyl (C=O) groups is 1. The molecule has 2 bridgehead atoms. The summed E-state index contributed by atoms with van der Waals surface area (Å²) in [5.74, 6) is -0.318. The van der Waals surface area contributed by atoms with Gasteiger partial charge >= 0.3 is 5.97 Å². The van der Waals surface area contributed by atoms with E-state index in [1.165, 1.54) is 4.31 Å². The van der Waals surface area contributed by atoms with Crippen LogP contribution in [0.5, 0.6) is 0 Å². The fourth-order valence-electron chi connectivity index (χ4n) is 3.66. The molecule has 0 radical (unpaired) electrons. The number of halogens is 1. The number of fused-ring (bicyclic) bond motifs is 1. The van der Waals surface area contributed by atoms with Crippen LogP contribution in [0.2, 0.25) is 0 Å². The lowest BCUT2D eigenvalue weighted by molar-refractivity contribution is -0.150. The number of alkyl halides is 1. The minimum Gasteiger partial charge on any atom is -0.457 e. The maximum absolute atomic E-state index is 12.7. The smallest absolute Gasteiger partial charge is 0.316 e. The molecule has 0 aromatic heterocycles. The molecular formula is C12H18INO5S. The van der Waals surface area contributed by atoms with Gasteiger partial charge < -0.3 is 9.47 Å². The predicted molar refractivity (Wildman–Crippen MR) is 80.1 cm³/mol. The molecular weight excluding hydrogens is 397 g/mol. The van der Waals surface area contributed by atoms with Crippen molar-refractivity contribution in [2.75, 3.05) is 4.43 Å². The van der Waals surface area contributed by atoms with Crippen LogP contribution < -0.4 is 0 Å². The third-order valence-corrected chi connectivity index (χ3v) is 7.36. The largest absolute Gasteiger partial charge is 0.457 e. The van der Waals surface area contributed by atoms with E-state index in [0.29, 0.717) is 6.42 Å². The zero-order valence-corrected chi connectivity index (χ0v) is 14.5. The minimum absolute atomic E-state index is 0.254. The lowest BCUT2D eigenvalue weighted by atomic mass is 9.90. The van der Waals surface area contributed by atoms with E-state index in [2.05, 4.69) is 0 Å². The second kappa shape index (κ2) is 4.53. The highest BCUT2D eigenvalue weighted by molar-refractivity contribution is 14.1. The lowest BCUT2D eigenvalue weighted by Gasteiger charge is -2.36. The fourth-order valence-corrected chi connectivity index (χ4v) is 6.47. The van der Waals surface area contributed by atoms with Gasteiger partial charge in [0.25, 0.3) is 0 Å². The summed E-state index contributed by atoms with van der Waals surface area (Å²) in [6, 6.07) is -0.379. The van der Waals surface area contributed by atoms with Crippen molar-refractivity contribution in [1.82, 2.24) is 4.31 Å². The maximum atomic E-state index is 12.7. The van der Waals surface area contributed by atoms with Crippen LogP contribution in [0.1, 0.15) is 27.2 Å². The molecule has 5 unspecified atom stereocenters. The molecule has 3 fully saturated rings. The number of rotatable bonds is 2. The van der Waals surface area contributed by atoms with Crippen molar-refractivity contribution >= 4 is 38.6 Å². The number of carbonyl (C=O) groups excluding carboxylic acids is 1. The molecule has 3 rings (SSSR count). The number of hydrogen-bond donors (Lipinski definition) is 0. The van der Waals surface area contributed by atoms with Gasteiger partial charge in [0.2, 0.25) is 10.0 Å². The first-order valence-electron chi connectivity index (χ1n) is 6.62. The number of sulfonamides is 1. The SMILES string of the molecule is CC(C)(C)N1C2C(OC(=O)CI)C3CC(C2O3)S1(=O)=O. The van der Waals surface area contributed by atoms with Gasteiger partial charge in [0.05, 0.1) is 22.7 Å². The molecule has 3 heterocycles. The average Bonchev–Trinajstić information content (AvgIpc) is 2.90. The van der Waals surface area contributed by atoms with E-state index in [1.807, 2.05) is 43.4 Å². The lowest BCUT2D eigenvalue weighted by Crippen LogP contribution is -2.53. The molecule has 8 heteroatoms. The van der Waals surface area contributed by atoms with Crippen LogP contribution in [0.4, 0.5) is 0 Å². The monoisotopic (exact) mass is 415 g/mol. The summed E-state index contributed by atoms with van der Waals surface area (Å²) in [4.78, 5) is 11.6. The summed E-state index contributed by atoms with van der Waals surface area (Å²) in [6.45, 7) is 5.58. The van der Waals surface area contributed by atoms with Crippen LogP contribution in [0.3, 0.4) is 0 Å². The van der Waals surface area contributed by atoms with Gasteiger partial charge in [-0.25, -0.2) is 8.42 Å². The summed E-state index contributed by atoms with van der Waals surface area (Å²) in [6.07, 6.45) is -0.704. The first kappa shape index (κ1) is 15.0. The molecule has 0 aromatic rings. The van der Waals surface area contributed by atoms with Gasteiger partial charge in [-0.3, -0.25) is 4.79 Å². The second-order valence-electron chi connectivity index (χ2n) is 6.50. The highest BCUT2D eigenvalue weighted by Gasteiger charge is 2.70. The van der Waals surface area contributed by atoms with Crippen LogP contribution in [0.25, 0.3) is 0 Å². The molecule has 3 aliphatic rings. The zero-order chi connectivity index (χ0) is 14.9. The summed E-state index contributed by atoms with van der Waals surface area (Å²) >= 11 is 1.94. The Kier molecular flexibility index (Phi) is 3.39. The van der Waals surface area contributed by atoms with Gasteiger partial charge in [0, 0.05) is 5.54 Å². The van der Waals surface area contributed by atoms with Crippen LogP contribution >= 0.6 is 22.6 Å². The highest BCUT2D eigenvalue weighted by atomic mass is 127. The Morgan fingerprint density at radius 1 is 1.45 bits per heavy atom. The van der Waals surface area contributed by atoms with Crippen molar-refractivity contribution in [3.05, 3.63) is 0 Å². The normalized spacial score (nSPS) is 42.1. The van der Waals surface area contributed by atoms with Crippen molar-refractivity contribution < 1.29 is 22.7 Å². The summed E-state index contributed by atoms with van der Waals surface area (Å²) < 4.78 is 38.3. The molecule has 3 saturated heterocycles. The second-order valence-corrected chi connectivity index (χ2v) is 9.30. The topological polar surface area (TPSA) is 72.9 Å². The third kappa shape index (κ3) is 1.94. The van der Waals surface area contributed by atoms with E-state index in [1.54, 1.807) is 0 Å². The Morgan fingerprint density at radius 2 is 2.10 bits per heavy atom. The van der Waals surface area contributed by atoms with Gasteiger partial charge in [0.15, 0.2) is 0 Å². The summed E-state index contributed by atoms with van der Waals surface area (Å²) in [7, 11) is -3.39. The minimum atomic E-state index is -3.39. The van der Waals surface area contributed by atoms with Gasteiger partial charge in [-0.1, -0.05) is 22.6 Å². The molecule has 0 N–H and O–H groups in total. The molecule has 3 aliphatic heterocycles. The average molecular weight is 415 g/mol. The summed E-state index contributed by atoms with van der Waals surface area (Å²) in [5.41, 5.74) is -0.548. The van der Waals surface area contributed by atoms with E-state index in [-0.39, 0.29) is 28.6 Å². The molecule has 0 saturated carbocycles. The fraction of sp³-hybridized carbons (Fsp3) is 0.917. The number of esters is 1. The number of nitrogens with zero attached hydrogens (tertiary/aromatic N) is 1. The Bertz CT molecular complexity index is 543. The van der Waals surface area contributed by atoms with E-state index in [4.69, 9.17) is 9.47 Å². The van der Waals surface area contributed by atoms with Crippen LogP contribution in [0, 0.1) is 0 Å². The Balaban J connectivity index is 1.99. The van der Waals surface area contributed by atoms with Gasteiger partial charge in [-0.2, -0.15) is 4.31 Å². The van der Waals surface area contributed by atoms with Crippen molar-refractivity contribution in [2.45, 2.75) is 62.3 Å². The number of hydrogen-bond acceptors (Lipinski definition) is 5.